The highest BCUT2D eigenvalue weighted by atomic mass is 35.5. The normalized spacial score (nSPS) is 19.2. The summed E-state index contributed by atoms with van der Waals surface area (Å²) in [7, 11) is 0. The molecule has 1 amide bonds. The van der Waals surface area contributed by atoms with Crippen LogP contribution in [-0.4, -0.2) is 41.5 Å². The highest BCUT2D eigenvalue weighted by molar-refractivity contribution is 6.33. The Kier molecular flexibility index (Phi) is 5.14. The number of carboxylic acid groups (broad SMARTS) is 1. The SMILES string of the molecule is O=C(CN1CCCC(C(=O)O)C1)Nc1ccc(F)cc1Cl. The van der Waals surface area contributed by atoms with Crippen LogP contribution in [0.4, 0.5) is 10.1 Å². The molecule has 2 N–H and O–H groups in total. The van der Waals surface area contributed by atoms with E-state index in [0.29, 0.717) is 25.2 Å². The fourth-order valence-corrected chi connectivity index (χ4v) is 2.60. The maximum atomic E-state index is 12.9. The van der Waals surface area contributed by atoms with Gasteiger partial charge in [-0.05, 0) is 37.6 Å². The number of nitrogens with zero attached hydrogens (tertiary/aromatic N) is 1. The van der Waals surface area contributed by atoms with Gasteiger partial charge in [0, 0.05) is 6.54 Å². The van der Waals surface area contributed by atoms with E-state index in [1.165, 1.54) is 12.1 Å². The number of benzene rings is 1. The molecular weight excluding hydrogens is 299 g/mol. The predicted octanol–water partition coefficient (Wildman–Crippen LogP) is 2.21. The third kappa shape index (κ3) is 4.41. The summed E-state index contributed by atoms with van der Waals surface area (Å²) in [5.74, 6) is -2.03. The van der Waals surface area contributed by atoms with Crippen molar-refractivity contribution in [3.05, 3.63) is 29.0 Å². The van der Waals surface area contributed by atoms with Crippen LogP contribution in [0.25, 0.3) is 0 Å². The van der Waals surface area contributed by atoms with E-state index in [2.05, 4.69) is 5.32 Å². The van der Waals surface area contributed by atoms with Crippen LogP contribution < -0.4 is 5.32 Å². The molecule has 21 heavy (non-hydrogen) atoms. The van der Waals surface area contributed by atoms with Crippen molar-refractivity contribution >= 4 is 29.2 Å². The summed E-state index contributed by atoms with van der Waals surface area (Å²) in [5, 5.41) is 11.7. The van der Waals surface area contributed by atoms with Crippen molar-refractivity contribution in [3.63, 3.8) is 0 Å². The van der Waals surface area contributed by atoms with Crippen molar-refractivity contribution in [2.75, 3.05) is 25.0 Å². The molecule has 1 aliphatic rings. The minimum Gasteiger partial charge on any atom is -0.481 e. The van der Waals surface area contributed by atoms with Gasteiger partial charge in [-0.15, -0.1) is 0 Å². The summed E-state index contributed by atoms with van der Waals surface area (Å²) in [6.45, 7) is 1.14. The summed E-state index contributed by atoms with van der Waals surface area (Å²) < 4.78 is 12.9. The Hall–Kier alpha value is -1.66. The lowest BCUT2D eigenvalue weighted by atomic mass is 9.98. The highest BCUT2D eigenvalue weighted by Gasteiger charge is 2.26. The molecule has 7 heteroatoms. The quantitative estimate of drug-likeness (QED) is 0.894. The minimum absolute atomic E-state index is 0.0947. The Bertz CT molecular complexity index is 553. The van der Waals surface area contributed by atoms with Gasteiger partial charge >= 0.3 is 5.97 Å². The molecule has 1 aromatic carbocycles. The first-order valence-corrected chi connectivity index (χ1v) is 7.03. The first kappa shape index (κ1) is 15.7. The van der Waals surface area contributed by atoms with Crippen LogP contribution in [0.2, 0.25) is 5.02 Å². The van der Waals surface area contributed by atoms with Crippen LogP contribution in [0.15, 0.2) is 18.2 Å². The number of amides is 1. The Morgan fingerprint density at radius 3 is 2.90 bits per heavy atom. The van der Waals surface area contributed by atoms with Crippen molar-refractivity contribution in [3.8, 4) is 0 Å². The number of halogens is 2. The van der Waals surface area contributed by atoms with Crippen LogP contribution in [-0.2, 0) is 9.59 Å². The molecule has 1 saturated heterocycles. The predicted molar refractivity (Wildman–Crippen MR) is 76.8 cm³/mol. The second kappa shape index (κ2) is 6.87. The number of carboxylic acids is 1. The maximum Gasteiger partial charge on any atom is 0.307 e. The zero-order valence-electron chi connectivity index (χ0n) is 11.3. The van der Waals surface area contributed by atoms with Gasteiger partial charge in [-0.3, -0.25) is 14.5 Å². The molecule has 1 aromatic rings. The first-order chi connectivity index (χ1) is 9.95. The third-order valence-electron chi connectivity index (χ3n) is 3.43. The number of carbonyl (C=O) groups excluding carboxylic acids is 1. The maximum absolute atomic E-state index is 12.9. The molecule has 1 unspecified atom stereocenters. The van der Waals surface area contributed by atoms with Crippen LogP contribution >= 0.6 is 11.6 Å². The Morgan fingerprint density at radius 2 is 2.24 bits per heavy atom. The van der Waals surface area contributed by atoms with E-state index in [9.17, 15) is 14.0 Å². The number of likely N-dealkylation sites (tertiary alicyclic amines) is 1. The van der Waals surface area contributed by atoms with Gasteiger partial charge < -0.3 is 10.4 Å². The standard InChI is InChI=1S/C14H16ClFN2O3/c15-11-6-10(16)3-4-12(11)17-13(19)8-18-5-1-2-9(7-18)14(20)21/h3-4,6,9H,1-2,5,7-8H2,(H,17,19)(H,20,21). The van der Waals surface area contributed by atoms with Gasteiger partial charge in [0.05, 0.1) is 23.2 Å². The molecule has 1 atom stereocenters. The van der Waals surface area contributed by atoms with Crippen molar-refractivity contribution < 1.29 is 19.1 Å². The summed E-state index contributed by atoms with van der Waals surface area (Å²) >= 11 is 5.84. The minimum atomic E-state index is -0.832. The van der Waals surface area contributed by atoms with Crippen molar-refractivity contribution in [1.29, 1.82) is 0 Å². The molecular formula is C14H16ClFN2O3. The number of aliphatic carboxylic acids is 1. The van der Waals surface area contributed by atoms with Gasteiger partial charge in [0.15, 0.2) is 0 Å². The number of hydrogen-bond donors (Lipinski definition) is 2. The van der Waals surface area contributed by atoms with E-state index < -0.39 is 17.7 Å². The summed E-state index contributed by atoms with van der Waals surface area (Å²) in [6.07, 6.45) is 1.39. The van der Waals surface area contributed by atoms with Crippen molar-refractivity contribution in [1.82, 2.24) is 4.90 Å². The molecule has 1 fully saturated rings. The number of piperidine rings is 1. The Balaban J connectivity index is 1.91. The third-order valence-corrected chi connectivity index (χ3v) is 3.74. The Labute approximate surface area is 126 Å². The zero-order chi connectivity index (χ0) is 15.4. The topological polar surface area (TPSA) is 69.6 Å². The lowest BCUT2D eigenvalue weighted by Crippen LogP contribution is -2.42. The summed E-state index contributed by atoms with van der Waals surface area (Å²) in [5.41, 5.74) is 0.342. The number of rotatable bonds is 4. The molecule has 0 spiro atoms. The lowest BCUT2D eigenvalue weighted by Gasteiger charge is -2.29. The summed E-state index contributed by atoms with van der Waals surface area (Å²) in [4.78, 5) is 24.7. The van der Waals surface area contributed by atoms with E-state index in [1.54, 1.807) is 4.90 Å². The van der Waals surface area contributed by atoms with Crippen LogP contribution in [0.3, 0.4) is 0 Å². The second-order valence-electron chi connectivity index (χ2n) is 5.08. The molecule has 0 radical (unpaired) electrons. The van der Waals surface area contributed by atoms with E-state index in [4.69, 9.17) is 16.7 Å². The molecule has 5 nitrogen and oxygen atoms in total. The lowest BCUT2D eigenvalue weighted by molar-refractivity contribution is -0.144. The first-order valence-electron chi connectivity index (χ1n) is 6.66. The number of nitrogens with one attached hydrogen (secondary N) is 1. The molecule has 1 heterocycles. The van der Waals surface area contributed by atoms with Crippen LogP contribution in [0.1, 0.15) is 12.8 Å². The smallest absolute Gasteiger partial charge is 0.307 e. The van der Waals surface area contributed by atoms with Gasteiger partial charge in [-0.2, -0.15) is 0 Å². The van der Waals surface area contributed by atoms with Crippen LogP contribution in [0.5, 0.6) is 0 Å². The summed E-state index contributed by atoms with van der Waals surface area (Å²) in [6, 6.07) is 3.73. The molecule has 0 saturated carbocycles. The van der Waals surface area contributed by atoms with E-state index >= 15 is 0 Å². The molecule has 2 rings (SSSR count). The largest absolute Gasteiger partial charge is 0.481 e. The average Bonchev–Trinajstić information content (AvgIpc) is 2.42. The van der Waals surface area contributed by atoms with E-state index in [0.717, 1.165) is 12.5 Å². The number of anilines is 1. The van der Waals surface area contributed by atoms with E-state index in [-0.39, 0.29) is 17.5 Å². The molecule has 114 valence electrons. The van der Waals surface area contributed by atoms with Gasteiger partial charge in [-0.1, -0.05) is 11.6 Å². The van der Waals surface area contributed by atoms with Gasteiger partial charge in [0.1, 0.15) is 5.82 Å². The monoisotopic (exact) mass is 314 g/mol. The van der Waals surface area contributed by atoms with Crippen molar-refractivity contribution in [2.45, 2.75) is 12.8 Å². The van der Waals surface area contributed by atoms with Gasteiger partial charge in [-0.25, -0.2) is 4.39 Å². The second-order valence-corrected chi connectivity index (χ2v) is 5.49. The fraction of sp³-hybridized carbons (Fsp3) is 0.429. The molecule has 1 aliphatic heterocycles. The molecule has 0 aliphatic carbocycles. The zero-order valence-corrected chi connectivity index (χ0v) is 12.1. The van der Waals surface area contributed by atoms with Gasteiger partial charge in [0.25, 0.3) is 0 Å². The fourth-order valence-electron chi connectivity index (χ4n) is 2.38. The van der Waals surface area contributed by atoms with Gasteiger partial charge in [0.2, 0.25) is 5.91 Å². The average molecular weight is 315 g/mol. The Morgan fingerprint density at radius 1 is 1.48 bits per heavy atom. The van der Waals surface area contributed by atoms with Crippen molar-refractivity contribution in [2.24, 2.45) is 5.92 Å². The molecule has 0 bridgehead atoms. The highest BCUT2D eigenvalue weighted by Crippen LogP contribution is 2.22. The number of hydrogen-bond acceptors (Lipinski definition) is 3. The van der Waals surface area contributed by atoms with E-state index in [1.807, 2.05) is 0 Å². The molecule has 0 aromatic heterocycles. The van der Waals surface area contributed by atoms with Crippen LogP contribution in [0, 0.1) is 11.7 Å². The number of carbonyl (C=O) groups is 2.